The number of hydrogen-bond acceptors (Lipinski definition) is 8. The number of carbonyl (C=O) groups excluding carboxylic acids is 2. The highest BCUT2D eigenvalue weighted by Gasteiger charge is 2.24. The molecule has 10 nitrogen and oxygen atoms in total. The van der Waals surface area contributed by atoms with Crippen LogP contribution in [0.5, 0.6) is 23.0 Å². The molecule has 0 bridgehead atoms. The van der Waals surface area contributed by atoms with E-state index in [9.17, 15) is 14.7 Å². The van der Waals surface area contributed by atoms with E-state index >= 15 is 0 Å². The number of hydrogen-bond donors (Lipinski definition) is 4. The van der Waals surface area contributed by atoms with Crippen LogP contribution in [-0.4, -0.2) is 31.0 Å². The largest absolute Gasteiger partial charge is 0.504 e. The maximum atomic E-state index is 12.8. The van der Waals surface area contributed by atoms with Gasteiger partial charge in [0, 0.05) is 17.7 Å². The van der Waals surface area contributed by atoms with E-state index in [2.05, 4.69) is 10.6 Å². The Morgan fingerprint density at radius 2 is 1.84 bits per heavy atom. The fourth-order valence-electron chi connectivity index (χ4n) is 3.73. The first-order chi connectivity index (χ1) is 17.8. The average Bonchev–Trinajstić information content (AvgIpc) is 3.35. The molecule has 5 N–H and O–H groups in total. The third-order valence-electron chi connectivity index (χ3n) is 5.63. The summed E-state index contributed by atoms with van der Waals surface area (Å²) >= 11 is 0. The Labute approximate surface area is 213 Å². The highest BCUT2D eigenvalue weighted by atomic mass is 16.7. The van der Waals surface area contributed by atoms with Crippen LogP contribution in [0.3, 0.4) is 0 Å². The lowest BCUT2D eigenvalue weighted by molar-refractivity contribution is -0.111. The summed E-state index contributed by atoms with van der Waals surface area (Å²) in [6.45, 7) is 1.89. The molecular weight excluding hydrogens is 478 g/mol. The number of nitrogens with one attached hydrogen (secondary N) is 2. The molecule has 1 heterocycles. The number of nitrogens with two attached hydrogens (primary N) is 1. The second-order valence-electron chi connectivity index (χ2n) is 8.24. The van der Waals surface area contributed by atoms with E-state index in [0.29, 0.717) is 34.1 Å². The van der Waals surface area contributed by atoms with Gasteiger partial charge in [-0.2, -0.15) is 0 Å². The van der Waals surface area contributed by atoms with Crippen LogP contribution in [0.1, 0.15) is 18.6 Å². The molecule has 192 valence electrons. The van der Waals surface area contributed by atoms with Crippen molar-refractivity contribution >= 4 is 29.1 Å². The van der Waals surface area contributed by atoms with Gasteiger partial charge < -0.3 is 35.1 Å². The summed E-state index contributed by atoms with van der Waals surface area (Å²) in [6, 6.07) is 16.6. The third kappa shape index (κ3) is 6.23. The molecule has 2 amide bonds. The van der Waals surface area contributed by atoms with Gasteiger partial charge >= 0.3 is 6.09 Å². The van der Waals surface area contributed by atoms with Gasteiger partial charge in [0.1, 0.15) is 6.10 Å². The van der Waals surface area contributed by atoms with Gasteiger partial charge in [0.15, 0.2) is 23.0 Å². The highest BCUT2D eigenvalue weighted by Crippen LogP contribution is 2.36. The lowest BCUT2D eigenvalue weighted by Gasteiger charge is -2.23. The number of amides is 2. The van der Waals surface area contributed by atoms with Crippen molar-refractivity contribution in [3.8, 4) is 23.0 Å². The number of methoxy groups -OCH3 is 1. The van der Waals surface area contributed by atoms with Crippen LogP contribution in [0.15, 0.2) is 72.8 Å². The van der Waals surface area contributed by atoms with Crippen molar-refractivity contribution in [1.82, 2.24) is 0 Å². The van der Waals surface area contributed by atoms with Gasteiger partial charge in [-0.25, -0.2) is 4.79 Å². The van der Waals surface area contributed by atoms with Crippen LogP contribution in [0.25, 0.3) is 0 Å². The quantitative estimate of drug-likeness (QED) is 0.252. The number of phenols is 1. The van der Waals surface area contributed by atoms with E-state index in [1.165, 1.54) is 19.3 Å². The summed E-state index contributed by atoms with van der Waals surface area (Å²) in [4.78, 5) is 25.3. The van der Waals surface area contributed by atoms with Crippen LogP contribution >= 0.6 is 0 Å². The van der Waals surface area contributed by atoms with Crippen molar-refractivity contribution in [2.24, 2.45) is 5.92 Å². The van der Waals surface area contributed by atoms with E-state index in [1.807, 2.05) is 0 Å². The summed E-state index contributed by atoms with van der Waals surface area (Å²) in [6.07, 6.45) is 1.36. The summed E-state index contributed by atoms with van der Waals surface area (Å²) in [5.74, 6) is 0.393. The van der Waals surface area contributed by atoms with Gasteiger partial charge in [0.2, 0.25) is 12.7 Å². The molecule has 0 saturated heterocycles. The first-order valence-electron chi connectivity index (χ1n) is 11.4. The number of phenolic OH excluding ortho intramolecular Hbond substituents is 1. The predicted molar refractivity (Wildman–Crippen MR) is 138 cm³/mol. The monoisotopic (exact) mass is 505 g/mol. The van der Waals surface area contributed by atoms with Crippen LogP contribution in [0, 0.1) is 5.92 Å². The number of ether oxygens (including phenoxy) is 4. The molecule has 0 fully saturated rings. The first-order valence-corrected chi connectivity index (χ1v) is 11.4. The van der Waals surface area contributed by atoms with Crippen LogP contribution in [0.2, 0.25) is 0 Å². The Balaban J connectivity index is 1.50. The average molecular weight is 506 g/mol. The maximum absolute atomic E-state index is 12.8. The lowest BCUT2D eigenvalue weighted by Crippen LogP contribution is -2.21. The molecule has 2 atom stereocenters. The van der Waals surface area contributed by atoms with Gasteiger partial charge in [-0.05, 0) is 48.0 Å². The molecule has 0 aliphatic carbocycles. The molecule has 10 heteroatoms. The molecule has 4 rings (SSSR count). The van der Waals surface area contributed by atoms with E-state index in [1.54, 1.807) is 67.6 Å². The number of aromatic hydroxyl groups is 1. The fraction of sp³-hybridized carbons (Fsp3) is 0.185. The summed E-state index contributed by atoms with van der Waals surface area (Å²) in [7, 11) is 1.44. The standard InChI is InChI=1S/C27H27N3O7/c1-16(7-12-25(32)30-20-6-4-3-5-19(20)28)26(17-8-10-22(34-2)21(31)13-17)37-27(33)29-18-9-11-23-24(14-18)36-15-35-23/h3-14,16,26,31H,15,28H2,1-2H3,(H,29,33)(H,30,32)/b12-7+/t16-,26+/m0/s1. The van der Waals surface area contributed by atoms with E-state index in [4.69, 9.17) is 24.7 Å². The van der Waals surface area contributed by atoms with Gasteiger partial charge in [0.05, 0.1) is 18.5 Å². The molecule has 0 spiro atoms. The third-order valence-corrected chi connectivity index (χ3v) is 5.63. The SMILES string of the molecule is COc1ccc([C@H](OC(=O)Nc2ccc3c(c2)OCO3)[C@@H](C)/C=C/C(=O)Nc2ccccc2N)cc1O. The van der Waals surface area contributed by atoms with Crippen molar-refractivity contribution in [1.29, 1.82) is 0 Å². The van der Waals surface area contributed by atoms with Crippen molar-refractivity contribution in [3.05, 3.63) is 78.4 Å². The predicted octanol–water partition coefficient (Wildman–Crippen LogP) is 4.83. The Morgan fingerprint density at radius 1 is 1.05 bits per heavy atom. The van der Waals surface area contributed by atoms with Crippen molar-refractivity contribution in [2.45, 2.75) is 13.0 Å². The van der Waals surface area contributed by atoms with Gasteiger partial charge in [-0.3, -0.25) is 10.1 Å². The smallest absolute Gasteiger partial charge is 0.412 e. The zero-order valence-electron chi connectivity index (χ0n) is 20.3. The van der Waals surface area contributed by atoms with Gasteiger partial charge in [-0.1, -0.05) is 31.2 Å². The fourth-order valence-corrected chi connectivity index (χ4v) is 3.73. The number of rotatable bonds is 8. The van der Waals surface area contributed by atoms with E-state index in [-0.39, 0.29) is 18.3 Å². The van der Waals surface area contributed by atoms with Crippen molar-refractivity contribution in [3.63, 3.8) is 0 Å². The Kier molecular flexibility index (Phi) is 7.68. The zero-order valence-corrected chi connectivity index (χ0v) is 20.3. The van der Waals surface area contributed by atoms with Crippen molar-refractivity contribution < 1.29 is 33.6 Å². The molecular formula is C27H27N3O7. The summed E-state index contributed by atoms with van der Waals surface area (Å²) in [5.41, 5.74) is 7.76. The molecule has 0 saturated carbocycles. The number of nitrogen functional groups attached to an aromatic ring is 1. The number of benzene rings is 3. The van der Waals surface area contributed by atoms with Crippen LogP contribution in [0.4, 0.5) is 21.9 Å². The number of anilines is 3. The highest BCUT2D eigenvalue weighted by molar-refractivity contribution is 6.01. The lowest BCUT2D eigenvalue weighted by atomic mass is 9.96. The Hall–Kier alpha value is -4.86. The molecule has 0 radical (unpaired) electrons. The molecule has 0 unspecified atom stereocenters. The maximum Gasteiger partial charge on any atom is 0.412 e. The van der Waals surface area contributed by atoms with Gasteiger partial charge in [-0.15, -0.1) is 0 Å². The van der Waals surface area contributed by atoms with Gasteiger partial charge in [0.25, 0.3) is 0 Å². The number of para-hydroxylation sites is 2. The second-order valence-corrected chi connectivity index (χ2v) is 8.24. The van der Waals surface area contributed by atoms with Crippen molar-refractivity contribution in [2.75, 3.05) is 30.3 Å². The number of fused-ring (bicyclic) bond motifs is 1. The topological polar surface area (TPSA) is 141 Å². The molecule has 1 aliphatic rings. The minimum atomic E-state index is -0.850. The second kappa shape index (κ2) is 11.3. The minimum absolute atomic E-state index is 0.112. The molecule has 37 heavy (non-hydrogen) atoms. The van der Waals surface area contributed by atoms with Crippen LogP contribution in [-0.2, 0) is 9.53 Å². The normalized spacial score (nSPS) is 13.6. The molecule has 0 aromatic heterocycles. The molecule has 1 aliphatic heterocycles. The zero-order chi connectivity index (χ0) is 26.4. The summed E-state index contributed by atoms with van der Waals surface area (Å²) < 4.78 is 21.5. The summed E-state index contributed by atoms with van der Waals surface area (Å²) in [5, 5.41) is 15.7. The Morgan fingerprint density at radius 3 is 2.59 bits per heavy atom. The molecule has 3 aromatic carbocycles. The van der Waals surface area contributed by atoms with E-state index in [0.717, 1.165) is 0 Å². The molecule has 3 aromatic rings. The Bertz CT molecular complexity index is 1330. The first kappa shape index (κ1) is 25.2. The minimum Gasteiger partial charge on any atom is -0.504 e. The van der Waals surface area contributed by atoms with Crippen LogP contribution < -0.4 is 30.6 Å². The van der Waals surface area contributed by atoms with E-state index < -0.39 is 24.0 Å². The number of carbonyl (C=O) groups is 2.